The molecule has 0 heterocycles. The van der Waals surface area contributed by atoms with E-state index in [0.29, 0.717) is 6.54 Å². The van der Waals surface area contributed by atoms with Crippen molar-refractivity contribution in [3.05, 3.63) is 23.8 Å². The first kappa shape index (κ1) is 13.5. The molecule has 4 nitrogen and oxygen atoms in total. The van der Waals surface area contributed by atoms with Crippen molar-refractivity contribution in [1.29, 1.82) is 0 Å². The first-order valence-electron chi connectivity index (χ1n) is 6.02. The predicted molar refractivity (Wildman–Crippen MR) is 67.1 cm³/mol. The predicted octanol–water partition coefficient (Wildman–Crippen LogP) is 1.38. The monoisotopic (exact) mass is 236 g/mol. The third-order valence-corrected chi connectivity index (χ3v) is 3.02. The first-order valence-corrected chi connectivity index (χ1v) is 6.02. The van der Waals surface area contributed by atoms with Crippen molar-refractivity contribution >= 4 is 11.8 Å². The Morgan fingerprint density at radius 2 is 2.18 bits per heavy atom. The van der Waals surface area contributed by atoms with Gasteiger partial charge in [-0.3, -0.25) is 9.59 Å². The van der Waals surface area contributed by atoms with Gasteiger partial charge in [0, 0.05) is 12.6 Å². The summed E-state index contributed by atoms with van der Waals surface area (Å²) < 4.78 is 0. The zero-order chi connectivity index (χ0) is 12.8. The van der Waals surface area contributed by atoms with Crippen LogP contribution in [0.1, 0.15) is 33.1 Å². The number of allylic oxidation sites excluding steroid dienone is 2. The lowest BCUT2D eigenvalue weighted by Gasteiger charge is -2.28. The molecule has 1 unspecified atom stereocenters. The highest BCUT2D eigenvalue weighted by Gasteiger charge is 2.23. The molecule has 1 atom stereocenters. The quantitative estimate of drug-likeness (QED) is 0.749. The topological polar surface area (TPSA) is 63.4 Å². The molecule has 94 valence electrons. The van der Waals surface area contributed by atoms with Crippen molar-refractivity contribution in [2.45, 2.75) is 39.2 Å². The van der Waals surface area contributed by atoms with Crippen LogP contribution in [0.4, 0.5) is 0 Å². The third-order valence-electron chi connectivity index (χ3n) is 3.02. The average Bonchev–Trinajstić information content (AvgIpc) is 2.35. The third kappa shape index (κ3) is 3.73. The lowest BCUT2D eigenvalue weighted by Crippen LogP contribution is -2.45. The van der Waals surface area contributed by atoms with Gasteiger partial charge in [-0.2, -0.15) is 0 Å². The summed E-state index contributed by atoms with van der Waals surface area (Å²) in [4.78, 5) is 24.3. The van der Waals surface area contributed by atoms with Crippen LogP contribution in [-0.4, -0.2) is 29.3 Å². The zero-order valence-electron chi connectivity index (χ0n) is 10.5. The van der Waals surface area contributed by atoms with Crippen LogP contribution in [0.2, 0.25) is 0 Å². The second kappa shape index (κ2) is 6.23. The van der Waals surface area contributed by atoms with Gasteiger partial charge in [0.05, 0.1) is 0 Å². The van der Waals surface area contributed by atoms with Crippen LogP contribution in [0.5, 0.6) is 0 Å². The molecule has 0 aromatic rings. The summed E-state index contributed by atoms with van der Waals surface area (Å²) in [6.07, 6.45) is 9.02. The van der Waals surface area contributed by atoms with E-state index in [1.165, 1.54) is 0 Å². The molecule has 2 amide bonds. The summed E-state index contributed by atoms with van der Waals surface area (Å²) in [6, 6.07) is 0.0197. The number of hydrogen-bond donors (Lipinski definition) is 1. The number of rotatable bonds is 4. The summed E-state index contributed by atoms with van der Waals surface area (Å²) in [6.45, 7) is 4.37. The fourth-order valence-electron chi connectivity index (χ4n) is 1.77. The molecule has 0 saturated heterocycles. The molecule has 0 saturated carbocycles. The minimum atomic E-state index is -0.884. The zero-order valence-corrected chi connectivity index (χ0v) is 10.5. The number of nitrogens with two attached hydrogens (primary N) is 1. The Morgan fingerprint density at radius 3 is 2.65 bits per heavy atom. The van der Waals surface area contributed by atoms with E-state index in [0.717, 1.165) is 24.8 Å². The Morgan fingerprint density at radius 1 is 1.47 bits per heavy atom. The van der Waals surface area contributed by atoms with Crippen LogP contribution >= 0.6 is 0 Å². The van der Waals surface area contributed by atoms with Crippen molar-refractivity contribution in [3.63, 3.8) is 0 Å². The summed E-state index contributed by atoms with van der Waals surface area (Å²) in [7, 11) is 0. The van der Waals surface area contributed by atoms with Gasteiger partial charge in [0.1, 0.15) is 0 Å². The van der Waals surface area contributed by atoms with Gasteiger partial charge in [-0.25, -0.2) is 0 Å². The van der Waals surface area contributed by atoms with Gasteiger partial charge >= 0.3 is 11.8 Å². The van der Waals surface area contributed by atoms with Gasteiger partial charge in [0.25, 0.3) is 0 Å². The molecule has 0 bridgehead atoms. The molecule has 17 heavy (non-hydrogen) atoms. The van der Waals surface area contributed by atoms with Crippen LogP contribution in [0, 0.1) is 0 Å². The molecule has 0 aromatic heterocycles. The van der Waals surface area contributed by atoms with E-state index in [1.54, 1.807) is 4.90 Å². The first-order chi connectivity index (χ1) is 8.06. The summed E-state index contributed by atoms with van der Waals surface area (Å²) in [5.74, 6) is -1.48. The number of hydrogen-bond acceptors (Lipinski definition) is 2. The van der Waals surface area contributed by atoms with Gasteiger partial charge in [0.15, 0.2) is 0 Å². The van der Waals surface area contributed by atoms with Gasteiger partial charge in [-0.05, 0) is 31.8 Å². The van der Waals surface area contributed by atoms with Gasteiger partial charge in [-0.1, -0.05) is 25.2 Å². The largest absolute Gasteiger partial charge is 0.361 e. The number of amides is 2. The van der Waals surface area contributed by atoms with Gasteiger partial charge < -0.3 is 10.6 Å². The van der Waals surface area contributed by atoms with Crippen molar-refractivity contribution < 1.29 is 9.59 Å². The summed E-state index contributed by atoms with van der Waals surface area (Å²) in [5, 5.41) is 0. The van der Waals surface area contributed by atoms with Crippen molar-refractivity contribution in [1.82, 2.24) is 4.90 Å². The molecule has 0 fully saturated rings. The molecule has 2 N–H and O–H groups in total. The van der Waals surface area contributed by atoms with Crippen LogP contribution in [0.15, 0.2) is 23.8 Å². The molecule has 0 radical (unpaired) electrons. The minimum Gasteiger partial charge on any atom is -0.361 e. The second-order valence-corrected chi connectivity index (χ2v) is 4.31. The Bertz CT molecular complexity index is 358. The van der Waals surface area contributed by atoms with E-state index in [2.05, 4.69) is 12.2 Å². The average molecular weight is 236 g/mol. The number of carbonyl (C=O) groups excluding carboxylic acids is 2. The molecule has 1 rings (SSSR count). The van der Waals surface area contributed by atoms with E-state index >= 15 is 0 Å². The van der Waals surface area contributed by atoms with Crippen LogP contribution < -0.4 is 5.73 Å². The highest BCUT2D eigenvalue weighted by molar-refractivity contribution is 6.34. The maximum absolute atomic E-state index is 11.7. The normalized spacial score (nSPS) is 16.2. The Kier molecular flexibility index (Phi) is 4.94. The maximum atomic E-state index is 11.7. The Labute approximate surface area is 102 Å². The summed E-state index contributed by atoms with van der Waals surface area (Å²) in [5.41, 5.74) is 6.14. The van der Waals surface area contributed by atoms with Crippen molar-refractivity contribution in [3.8, 4) is 0 Å². The van der Waals surface area contributed by atoms with Crippen LogP contribution in [-0.2, 0) is 9.59 Å². The van der Waals surface area contributed by atoms with E-state index in [4.69, 9.17) is 5.73 Å². The molecule has 0 aromatic carbocycles. The van der Waals surface area contributed by atoms with E-state index in [1.807, 2.05) is 19.9 Å². The standard InChI is InChI=1S/C13H20N2O2/c1-3-10(2)15(13(17)12(14)16)9-11-7-5-4-6-8-11/h5,7-8,10H,3-4,6,9H2,1-2H3,(H2,14,16). The smallest absolute Gasteiger partial charge is 0.312 e. The van der Waals surface area contributed by atoms with Crippen molar-refractivity contribution in [2.75, 3.05) is 6.54 Å². The molecule has 0 spiro atoms. The molecule has 4 heteroatoms. The molecular formula is C13H20N2O2. The molecule has 0 aliphatic heterocycles. The van der Waals surface area contributed by atoms with Gasteiger partial charge in [0.2, 0.25) is 0 Å². The van der Waals surface area contributed by atoms with Crippen LogP contribution in [0.3, 0.4) is 0 Å². The summed E-state index contributed by atoms with van der Waals surface area (Å²) >= 11 is 0. The van der Waals surface area contributed by atoms with E-state index in [-0.39, 0.29) is 6.04 Å². The number of nitrogens with zero attached hydrogens (tertiary/aromatic N) is 1. The highest BCUT2D eigenvalue weighted by Crippen LogP contribution is 2.14. The highest BCUT2D eigenvalue weighted by atomic mass is 16.2. The van der Waals surface area contributed by atoms with E-state index in [9.17, 15) is 9.59 Å². The second-order valence-electron chi connectivity index (χ2n) is 4.31. The molecule has 1 aliphatic carbocycles. The number of carbonyl (C=O) groups is 2. The van der Waals surface area contributed by atoms with E-state index < -0.39 is 11.8 Å². The molecular weight excluding hydrogens is 216 g/mol. The van der Waals surface area contributed by atoms with Crippen LogP contribution in [0.25, 0.3) is 0 Å². The molecule has 1 aliphatic rings. The SMILES string of the molecule is CCC(C)N(CC1=CCCC=C1)C(=O)C(N)=O. The lowest BCUT2D eigenvalue weighted by atomic mass is 10.1. The lowest BCUT2D eigenvalue weighted by molar-refractivity contribution is -0.145. The van der Waals surface area contributed by atoms with Crippen molar-refractivity contribution in [2.24, 2.45) is 5.73 Å². The number of primary amides is 1. The van der Waals surface area contributed by atoms with Gasteiger partial charge in [-0.15, -0.1) is 0 Å². The fraction of sp³-hybridized carbons (Fsp3) is 0.538. The fourth-order valence-corrected chi connectivity index (χ4v) is 1.77. The Hall–Kier alpha value is -1.58. The maximum Gasteiger partial charge on any atom is 0.312 e. The minimum absolute atomic E-state index is 0.0197. The Balaban J connectivity index is 2.76.